The van der Waals surface area contributed by atoms with Crippen molar-refractivity contribution in [2.45, 2.75) is 31.8 Å². The van der Waals surface area contributed by atoms with Crippen LogP contribution in [0.3, 0.4) is 0 Å². The molecule has 21 heavy (non-hydrogen) atoms. The first-order valence-electron chi connectivity index (χ1n) is 6.74. The van der Waals surface area contributed by atoms with Gasteiger partial charge < -0.3 is 0 Å². The highest BCUT2D eigenvalue weighted by atomic mass is 16.6. The van der Waals surface area contributed by atoms with Gasteiger partial charge in [-0.1, -0.05) is 19.1 Å². The van der Waals surface area contributed by atoms with E-state index in [2.05, 4.69) is 5.32 Å². The van der Waals surface area contributed by atoms with Gasteiger partial charge in [-0.15, -0.1) is 0 Å². The highest BCUT2D eigenvalue weighted by molar-refractivity contribution is 6.05. The van der Waals surface area contributed by atoms with Crippen molar-refractivity contribution in [1.29, 1.82) is 0 Å². The number of likely N-dealkylation sites (N-methyl/N-ethyl adjacent to an activating group) is 1. The molecule has 112 valence electrons. The summed E-state index contributed by atoms with van der Waals surface area (Å²) in [4.78, 5) is 34.9. The minimum absolute atomic E-state index is 0.0127. The number of imide groups is 1. The Morgan fingerprint density at radius 2 is 2.19 bits per heavy atom. The van der Waals surface area contributed by atoms with Crippen molar-refractivity contribution >= 4 is 17.5 Å². The number of hydrogen-bond donors (Lipinski definition) is 1. The summed E-state index contributed by atoms with van der Waals surface area (Å²) >= 11 is 0. The molecule has 0 spiro atoms. The van der Waals surface area contributed by atoms with E-state index in [1.807, 2.05) is 6.92 Å². The van der Waals surface area contributed by atoms with Gasteiger partial charge in [0.25, 0.3) is 5.69 Å². The fourth-order valence-corrected chi connectivity index (χ4v) is 2.43. The molecule has 1 aromatic rings. The zero-order valence-corrected chi connectivity index (χ0v) is 11.9. The number of carbonyl (C=O) groups is 2. The Hall–Kier alpha value is -2.28. The van der Waals surface area contributed by atoms with Crippen LogP contribution in [0.2, 0.25) is 0 Å². The minimum atomic E-state index is -0.563. The van der Waals surface area contributed by atoms with Crippen LogP contribution in [0.15, 0.2) is 24.3 Å². The molecule has 2 rings (SSSR count). The molecule has 0 aliphatic carbocycles. The second kappa shape index (κ2) is 6.01. The van der Waals surface area contributed by atoms with Crippen LogP contribution in [-0.2, 0) is 9.59 Å². The molecule has 1 aliphatic rings. The predicted molar refractivity (Wildman–Crippen MR) is 75.4 cm³/mol. The molecule has 1 N–H and O–H groups in total. The number of nitrogens with zero attached hydrogens (tertiary/aromatic N) is 2. The number of nitro groups is 1. The van der Waals surface area contributed by atoms with Crippen molar-refractivity contribution in [3.05, 3.63) is 39.9 Å². The lowest BCUT2D eigenvalue weighted by Gasteiger charge is -2.20. The first-order valence-corrected chi connectivity index (χ1v) is 6.74. The van der Waals surface area contributed by atoms with Crippen LogP contribution in [0.1, 0.15) is 31.4 Å². The van der Waals surface area contributed by atoms with Crippen LogP contribution in [0.25, 0.3) is 0 Å². The summed E-state index contributed by atoms with van der Waals surface area (Å²) in [5.41, 5.74) is 0.750. The Morgan fingerprint density at radius 1 is 1.48 bits per heavy atom. The van der Waals surface area contributed by atoms with Crippen molar-refractivity contribution in [2.75, 3.05) is 7.05 Å². The number of non-ortho nitro benzene ring substituents is 1. The van der Waals surface area contributed by atoms with Crippen LogP contribution >= 0.6 is 0 Å². The normalized spacial score (nSPS) is 19.9. The van der Waals surface area contributed by atoms with Gasteiger partial charge in [0.1, 0.15) is 0 Å². The van der Waals surface area contributed by atoms with Crippen LogP contribution in [-0.4, -0.2) is 34.7 Å². The van der Waals surface area contributed by atoms with Gasteiger partial charge in [0.15, 0.2) is 0 Å². The summed E-state index contributed by atoms with van der Waals surface area (Å²) in [6, 6.07) is 5.54. The average molecular weight is 291 g/mol. The maximum Gasteiger partial charge on any atom is 0.269 e. The van der Waals surface area contributed by atoms with Gasteiger partial charge in [0.2, 0.25) is 11.8 Å². The zero-order chi connectivity index (χ0) is 15.6. The van der Waals surface area contributed by atoms with Crippen LogP contribution < -0.4 is 5.32 Å². The quantitative estimate of drug-likeness (QED) is 0.503. The molecule has 2 unspecified atom stereocenters. The highest BCUT2D eigenvalue weighted by Gasteiger charge is 2.37. The molecule has 1 saturated heterocycles. The molecule has 0 saturated carbocycles. The molecule has 7 nitrogen and oxygen atoms in total. The second-order valence-electron chi connectivity index (χ2n) is 5.03. The maximum absolute atomic E-state index is 11.9. The van der Waals surface area contributed by atoms with Crippen LogP contribution in [0.5, 0.6) is 0 Å². The number of benzene rings is 1. The second-order valence-corrected chi connectivity index (χ2v) is 5.03. The summed E-state index contributed by atoms with van der Waals surface area (Å²) in [7, 11) is 1.46. The number of hydrogen-bond acceptors (Lipinski definition) is 5. The average Bonchev–Trinajstić information content (AvgIpc) is 2.72. The zero-order valence-electron chi connectivity index (χ0n) is 11.9. The molecule has 1 heterocycles. The first kappa shape index (κ1) is 15.1. The summed E-state index contributed by atoms with van der Waals surface area (Å²) in [5, 5.41) is 14.0. The molecular weight excluding hydrogens is 274 g/mol. The molecular formula is C14H17N3O4. The first-order chi connectivity index (χ1) is 9.93. The lowest BCUT2D eigenvalue weighted by Crippen LogP contribution is -2.39. The van der Waals surface area contributed by atoms with Crippen molar-refractivity contribution in [1.82, 2.24) is 10.2 Å². The molecule has 0 aromatic heterocycles. The fourth-order valence-electron chi connectivity index (χ4n) is 2.43. The van der Waals surface area contributed by atoms with E-state index < -0.39 is 11.0 Å². The number of nitro benzene ring substituents is 1. The number of likely N-dealkylation sites (tertiary alicyclic amines) is 1. The lowest BCUT2D eigenvalue weighted by molar-refractivity contribution is -0.384. The molecule has 1 fully saturated rings. The third-order valence-electron chi connectivity index (χ3n) is 3.68. The molecule has 1 aliphatic heterocycles. The standard InChI is InChI=1S/C14H17N3O4/c1-3-11(9-5-4-6-10(7-9)17(20)21)15-12-8-13(18)16(2)14(12)19/h4-7,11-12,15H,3,8H2,1-2H3. The van der Waals surface area contributed by atoms with Crippen molar-refractivity contribution < 1.29 is 14.5 Å². The van der Waals surface area contributed by atoms with Crippen molar-refractivity contribution in [3.63, 3.8) is 0 Å². The topological polar surface area (TPSA) is 92.6 Å². The van der Waals surface area contributed by atoms with Gasteiger partial charge in [-0.25, -0.2) is 0 Å². The maximum atomic E-state index is 11.9. The molecule has 2 atom stereocenters. The van der Waals surface area contributed by atoms with E-state index in [-0.39, 0.29) is 30.0 Å². The number of nitrogens with one attached hydrogen (secondary N) is 1. The third-order valence-corrected chi connectivity index (χ3v) is 3.68. The van der Waals surface area contributed by atoms with Gasteiger partial charge >= 0.3 is 0 Å². The van der Waals surface area contributed by atoms with E-state index in [9.17, 15) is 19.7 Å². The van der Waals surface area contributed by atoms with Crippen molar-refractivity contribution in [2.24, 2.45) is 0 Å². The number of carbonyl (C=O) groups excluding carboxylic acids is 2. The van der Waals surface area contributed by atoms with Gasteiger partial charge in [0.05, 0.1) is 17.4 Å². The van der Waals surface area contributed by atoms with Gasteiger partial charge in [-0.05, 0) is 12.0 Å². The molecule has 1 aromatic carbocycles. The Kier molecular flexibility index (Phi) is 4.32. The monoisotopic (exact) mass is 291 g/mol. The minimum Gasteiger partial charge on any atom is -0.299 e. The molecule has 2 amide bonds. The largest absolute Gasteiger partial charge is 0.299 e. The van der Waals surface area contributed by atoms with E-state index in [1.54, 1.807) is 12.1 Å². The Labute approximate surface area is 122 Å². The summed E-state index contributed by atoms with van der Waals surface area (Å²) in [5.74, 6) is -0.477. The molecule has 0 radical (unpaired) electrons. The van der Waals surface area contributed by atoms with E-state index >= 15 is 0 Å². The summed E-state index contributed by atoms with van der Waals surface area (Å²) < 4.78 is 0. The number of rotatable bonds is 5. The Morgan fingerprint density at radius 3 is 2.71 bits per heavy atom. The smallest absolute Gasteiger partial charge is 0.269 e. The fraction of sp³-hybridized carbons (Fsp3) is 0.429. The highest BCUT2D eigenvalue weighted by Crippen LogP contribution is 2.24. The third kappa shape index (κ3) is 3.08. The number of amides is 2. The lowest BCUT2D eigenvalue weighted by atomic mass is 10.0. The van der Waals surface area contributed by atoms with Gasteiger partial charge in [-0.2, -0.15) is 0 Å². The van der Waals surface area contributed by atoms with Gasteiger partial charge in [-0.3, -0.25) is 29.9 Å². The molecule has 0 bridgehead atoms. The Bertz CT molecular complexity index is 587. The van der Waals surface area contributed by atoms with E-state index in [4.69, 9.17) is 0 Å². The summed E-state index contributed by atoms with van der Waals surface area (Å²) in [6.45, 7) is 1.92. The van der Waals surface area contributed by atoms with Crippen LogP contribution in [0.4, 0.5) is 5.69 Å². The van der Waals surface area contributed by atoms with E-state index in [0.717, 1.165) is 10.5 Å². The van der Waals surface area contributed by atoms with E-state index in [1.165, 1.54) is 19.2 Å². The van der Waals surface area contributed by atoms with Crippen LogP contribution in [0, 0.1) is 10.1 Å². The Balaban J connectivity index is 2.17. The van der Waals surface area contributed by atoms with E-state index in [0.29, 0.717) is 6.42 Å². The van der Waals surface area contributed by atoms with Gasteiger partial charge in [0, 0.05) is 25.2 Å². The molecule has 7 heteroatoms. The SMILES string of the molecule is CCC(NC1CC(=O)N(C)C1=O)c1cccc([N+](=O)[O-])c1. The van der Waals surface area contributed by atoms with Crippen molar-refractivity contribution in [3.8, 4) is 0 Å². The predicted octanol–water partition coefficient (Wildman–Crippen LogP) is 1.39. The summed E-state index contributed by atoms with van der Waals surface area (Å²) in [6.07, 6.45) is 0.781.